The van der Waals surface area contributed by atoms with Gasteiger partial charge in [-0.3, -0.25) is 0 Å². The van der Waals surface area contributed by atoms with Crippen LogP contribution in [0, 0.1) is 12.7 Å². The maximum absolute atomic E-state index is 13.1. The van der Waals surface area contributed by atoms with Gasteiger partial charge in [-0.15, -0.1) is 0 Å². The highest BCUT2D eigenvalue weighted by atomic mass is 19.1. The highest BCUT2D eigenvalue weighted by Crippen LogP contribution is 2.24. The summed E-state index contributed by atoms with van der Waals surface area (Å²) in [7, 11) is 0. The van der Waals surface area contributed by atoms with E-state index in [1.54, 1.807) is 13.0 Å². The van der Waals surface area contributed by atoms with Gasteiger partial charge in [-0.25, -0.2) is 9.37 Å². The molecule has 1 unspecified atom stereocenters. The average molecular weight is 271 g/mol. The molecule has 1 N–H and O–H groups in total. The summed E-state index contributed by atoms with van der Waals surface area (Å²) in [6.07, 6.45) is -0.495. The molecule has 0 saturated carbocycles. The smallest absolute Gasteiger partial charge is 0.198 e. The van der Waals surface area contributed by atoms with Crippen LogP contribution in [-0.2, 0) is 6.42 Å². The van der Waals surface area contributed by atoms with Gasteiger partial charge in [-0.05, 0) is 42.3 Å². The lowest BCUT2D eigenvalue weighted by Gasteiger charge is -2.11. The van der Waals surface area contributed by atoms with Gasteiger partial charge in [0.05, 0.1) is 12.5 Å². The van der Waals surface area contributed by atoms with Crippen molar-refractivity contribution in [2.75, 3.05) is 0 Å². The zero-order chi connectivity index (χ0) is 14.1. The highest BCUT2D eigenvalue weighted by Gasteiger charge is 2.15. The van der Waals surface area contributed by atoms with Gasteiger partial charge < -0.3 is 9.52 Å². The first kappa shape index (κ1) is 12.8. The average Bonchev–Trinajstić information content (AvgIpc) is 2.80. The molecule has 3 nitrogen and oxygen atoms in total. The number of hydrogen-bond donors (Lipinski definition) is 1. The fraction of sp³-hybridized carbons (Fsp3) is 0.188. The molecule has 102 valence electrons. The van der Waals surface area contributed by atoms with Gasteiger partial charge >= 0.3 is 0 Å². The number of aliphatic hydroxyl groups excluding tert-OH is 1. The van der Waals surface area contributed by atoms with Crippen LogP contribution in [-0.4, -0.2) is 10.1 Å². The summed E-state index contributed by atoms with van der Waals surface area (Å²) < 4.78 is 18.6. The molecule has 1 atom stereocenters. The molecule has 3 rings (SSSR count). The minimum absolute atomic E-state index is 0.265. The Morgan fingerprint density at radius 1 is 1.25 bits per heavy atom. The number of aromatic nitrogens is 1. The van der Waals surface area contributed by atoms with Gasteiger partial charge in [0.1, 0.15) is 11.3 Å². The molecule has 0 fully saturated rings. The van der Waals surface area contributed by atoms with Crippen LogP contribution in [0.2, 0.25) is 0 Å². The first-order valence-electron chi connectivity index (χ1n) is 6.42. The summed E-state index contributed by atoms with van der Waals surface area (Å²) >= 11 is 0. The number of aliphatic hydroxyl groups is 1. The molecule has 0 aliphatic heterocycles. The Hall–Kier alpha value is -2.20. The molecule has 2 aromatic carbocycles. The number of aryl methyl sites for hydroxylation is 1. The molecule has 0 bridgehead atoms. The van der Waals surface area contributed by atoms with E-state index in [4.69, 9.17) is 4.42 Å². The predicted octanol–water partition coefficient (Wildman–Crippen LogP) is 3.55. The lowest BCUT2D eigenvalue weighted by Crippen LogP contribution is -2.04. The van der Waals surface area contributed by atoms with E-state index in [-0.39, 0.29) is 12.2 Å². The number of para-hydroxylation sites is 2. The Morgan fingerprint density at radius 2 is 2.05 bits per heavy atom. The van der Waals surface area contributed by atoms with Crippen molar-refractivity contribution in [3.05, 3.63) is 65.3 Å². The molecule has 1 aromatic heterocycles. The second-order valence-corrected chi connectivity index (χ2v) is 4.80. The summed E-state index contributed by atoms with van der Waals surface area (Å²) in [5.74, 6) is 0.169. The molecule has 4 heteroatoms. The normalized spacial score (nSPS) is 12.8. The van der Waals surface area contributed by atoms with E-state index in [0.717, 1.165) is 5.52 Å². The van der Waals surface area contributed by atoms with Crippen molar-refractivity contribution < 1.29 is 13.9 Å². The van der Waals surface area contributed by atoms with Gasteiger partial charge in [0.15, 0.2) is 11.5 Å². The number of halogens is 1. The van der Waals surface area contributed by atoms with Crippen LogP contribution in [0.25, 0.3) is 11.1 Å². The van der Waals surface area contributed by atoms with Crippen molar-refractivity contribution in [2.24, 2.45) is 0 Å². The Morgan fingerprint density at radius 3 is 2.80 bits per heavy atom. The molecule has 0 aliphatic carbocycles. The number of hydrogen-bond acceptors (Lipinski definition) is 3. The number of oxazole rings is 1. The van der Waals surface area contributed by atoms with E-state index in [1.807, 2.05) is 24.3 Å². The summed E-state index contributed by atoms with van der Waals surface area (Å²) in [5, 5.41) is 10.2. The summed E-state index contributed by atoms with van der Waals surface area (Å²) in [6, 6.07) is 11.8. The third-order valence-electron chi connectivity index (χ3n) is 3.30. The quantitative estimate of drug-likeness (QED) is 0.792. The Labute approximate surface area is 115 Å². The molecule has 3 aromatic rings. The fourth-order valence-electron chi connectivity index (χ4n) is 2.30. The highest BCUT2D eigenvalue weighted by molar-refractivity contribution is 5.72. The molecule has 0 spiro atoms. The van der Waals surface area contributed by atoms with Gasteiger partial charge in [-0.2, -0.15) is 0 Å². The van der Waals surface area contributed by atoms with E-state index >= 15 is 0 Å². The third-order valence-corrected chi connectivity index (χ3v) is 3.30. The first-order valence-corrected chi connectivity index (χ1v) is 6.42. The maximum atomic E-state index is 13.1. The van der Waals surface area contributed by atoms with E-state index in [1.165, 1.54) is 12.1 Å². The molecular formula is C16H14FNO2. The van der Waals surface area contributed by atoms with E-state index < -0.39 is 6.10 Å². The minimum atomic E-state index is -0.760. The zero-order valence-corrected chi connectivity index (χ0v) is 11.0. The predicted molar refractivity (Wildman–Crippen MR) is 73.8 cm³/mol. The van der Waals surface area contributed by atoms with Crippen molar-refractivity contribution in [1.29, 1.82) is 0 Å². The second-order valence-electron chi connectivity index (χ2n) is 4.80. The maximum Gasteiger partial charge on any atom is 0.198 e. The second kappa shape index (κ2) is 5.06. The monoisotopic (exact) mass is 271 g/mol. The Balaban J connectivity index is 1.86. The van der Waals surface area contributed by atoms with Crippen LogP contribution in [0.3, 0.4) is 0 Å². The van der Waals surface area contributed by atoms with Crippen LogP contribution in [0.4, 0.5) is 4.39 Å². The van der Waals surface area contributed by atoms with E-state index in [0.29, 0.717) is 22.6 Å². The lowest BCUT2D eigenvalue weighted by molar-refractivity contribution is 0.168. The van der Waals surface area contributed by atoms with Crippen LogP contribution in [0.15, 0.2) is 46.9 Å². The molecule has 0 aliphatic rings. The van der Waals surface area contributed by atoms with Crippen molar-refractivity contribution in [3.63, 3.8) is 0 Å². The van der Waals surface area contributed by atoms with Gasteiger partial charge in [-0.1, -0.05) is 18.2 Å². The van der Waals surface area contributed by atoms with E-state index in [9.17, 15) is 9.50 Å². The summed E-state index contributed by atoms with van der Waals surface area (Å²) in [5.41, 5.74) is 2.87. The molecule has 0 saturated heterocycles. The lowest BCUT2D eigenvalue weighted by atomic mass is 10.0. The zero-order valence-electron chi connectivity index (χ0n) is 11.0. The SMILES string of the molecule is Cc1cc(F)ccc1C(O)Cc1nc2ccccc2o1. The molecule has 20 heavy (non-hydrogen) atoms. The van der Waals surface area contributed by atoms with Crippen molar-refractivity contribution in [3.8, 4) is 0 Å². The number of benzene rings is 2. The van der Waals surface area contributed by atoms with Crippen molar-refractivity contribution in [2.45, 2.75) is 19.4 Å². The van der Waals surface area contributed by atoms with E-state index in [2.05, 4.69) is 4.98 Å². The first-order chi connectivity index (χ1) is 9.63. The van der Waals surface area contributed by atoms with Crippen LogP contribution < -0.4 is 0 Å². The third kappa shape index (κ3) is 2.42. The molecule has 0 amide bonds. The van der Waals surface area contributed by atoms with Gasteiger partial charge in [0, 0.05) is 0 Å². The van der Waals surface area contributed by atoms with Gasteiger partial charge in [0.25, 0.3) is 0 Å². The Bertz CT molecular complexity index is 718. The minimum Gasteiger partial charge on any atom is -0.441 e. The van der Waals surface area contributed by atoms with Crippen molar-refractivity contribution in [1.82, 2.24) is 4.98 Å². The summed E-state index contributed by atoms with van der Waals surface area (Å²) in [6.45, 7) is 1.77. The van der Waals surface area contributed by atoms with Crippen molar-refractivity contribution >= 4 is 11.1 Å². The number of nitrogens with zero attached hydrogens (tertiary/aromatic N) is 1. The number of fused-ring (bicyclic) bond motifs is 1. The molecule has 1 heterocycles. The van der Waals surface area contributed by atoms with Crippen LogP contribution in [0.5, 0.6) is 0 Å². The Kier molecular flexibility index (Phi) is 3.24. The molecule has 0 radical (unpaired) electrons. The standard InChI is InChI=1S/C16H14FNO2/c1-10-8-11(17)6-7-12(10)14(19)9-16-18-13-4-2-3-5-15(13)20-16/h2-8,14,19H,9H2,1H3. The van der Waals surface area contributed by atoms with Crippen LogP contribution >= 0.6 is 0 Å². The van der Waals surface area contributed by atoms with Crippen LogP contribution in [0.1, 0.15) is 23.1 Å². The topological polar surface area (TPSA) is 46.3 Å². The largest absolute Gasteiger partial charge is 0.441 e. The number of rotatable bonds is 3. The van der Waals surface area contributed by atoms with Gasteiger partial charge in [0.2, 0.25) is 0 Å². The fourth-order valence-corrected chi connectivity index (χ4v) is 2.30. The summed E-state index contributed by atoms with van der Waals surface area (Å²) in [4.78, 5) is 4.32. The molecular weight excluding hydrogens is 257 g/mol.